The third-order valence-corrected chi connectivity index (χ3v) is 3.47. The summed E-state index contributed by atoms with van der Waals surface area (Å²) in [6.07, 6.45) is 4.48. The SMILES string of the molecule is O=C(Cc1cocn1)N1CCN(C(=O)c2ccco2)CC1. The fourth-order valence-electron chi connectivity index (χ4n) is 2.31. The van der Waals surface area contributed by atoms with E-state index in [2.05, 4.69) is 4.98 Å². The number of hydrogen-bond acceptors (Lipinski definition) is 5. The molecule has 3 rings (SSSR count). The summed E-state index contributed by atoms with van der Waals surface area (Å²) in [4.78, 5) is 31.6. The summed E-state index contributed by atoms with van der Waals surface area (Å²) >= 11 is 0. The summed E-state index contributed by atoms with van der Waals surface area (Å²) in [5, 5.41) is 0. The summed E-state index contributed by atoms with van der Waals surface area (Å²) in [6.45, 7) is 2.04. The Morgan fingerprint density at radius 2 is 1.95 bits per heavy atom. The molecule has 2 amide bonds. The van der Waals surface area contributed by atoms with Crippen molar-refractivity contribution in [1.82, 2.24) is 14.8 Å². The standard InChI is InChI=1S/C14H15N3O4/c18-13(8-11-9-20-10-15-11)16-3-5-17(6-4-16)14(19)12-2-1-7-21-12/h1-2,7,9-10H,3-6,8H2. The van der Waals surface area contributed by atoms with Crippen LogP contribution in [0.25, 0.3) is 0 Å². The van der Waals surface area contributed by atoms with Gasteiger partial charge >= 0.3 is 0 Å². The highest BCUT2D eigenvalue weighted by Gasteiger charge is 2.26. The number of oxazole rings is 1. The topological polar surface area (TPSA) is 79.8 Å². The molecule has 1 aliphatic heterocycles. The van der Waals surface area contributed by atoms with E-state index in [1.165, 1.54) is 18.9 Å². The zero-order valence-electron chi connectivity index (χ0n) is 11.4. The molecule has 3 heterocycles. The van der Waals surface area contributed by atoms with Gasteiger partial charge in [0.1, 0.15) is 6.26 Å². The van der Waals surface area contributed by atoms with E-state index < -0.39 is 0 Å². The molecule has 0 spiro atoms. The molecule has 0 saturated carbocycles. The van der Waals surface area contributed by atoms with Crippen LogP contribution in [0.2, 0.25) is 0 Å². The maximum atomic E-state index is 12.1. The average Bonchev–Trinajstić information content (AvgIpc) is 3.20. The lowest BCUT2D eigenvalue weighted by Crippen LogP contribution is -2.50. The predicted octanol–water partition coefficient (Wildman–Crippen LogP) is 0.795. The van der Waals surface area contributed by atoms with E-state index >= 15 is 0 Å². The number of nitrogens with zero attached hydrogens (tertiary/aromatic N) is 3. The van der Waals surface area contributed by atoms with Gasteiger partial charge in [-0.25, -0.2) is 4.98 Å². The van der Waals surface area contributed by atoms with E-state index in [0.717, 1.165) is 0 Å². The highest BCUT2D eigenvalue weighted by Crippen LogP contribution is 2.10. The zero-order valence-corrected chi connectivity index (χ0v) is 11.4. The number of aromatic nitrogens is 1. The minimum Gasteiger partial charge on any atom is -0.459 e. The van der Waals surface area contributed by atoms with E-state index in [1.807, 2.05) is 0 Å². The van der Waals surface area contributed by atoms with Crippen LogP contribution >= 0.6 is 0 Å². The molecule has 2 aromatic heterocycles. The molecule has 1 aliphatic rings. The van der Waals surface area contributed by atoms with E-state index in [4.69, 9.17) is 8.83 Å². The van der Waals surface area contributed by atoms with E-state index in [-0.39, 0.29) is 18.2 Å². The van der Waals surface area contributed by atoms with Crippen LogP contribution in [0.15, 0.2) is 39.9 Å². The average molecular weight is 289 g/mol. The van der Waals surface area contributed by atoms with Crippen molar-refractivity contribution in [1.29, 1.82) is 0 Å². The molecule has 7 heteroatoms. The Hall–Kier alpha value is -2.57. The zero-order chi connectivity index (χ0) is 14.7. The fourth-order valence-corrected chi connectivity index (χ4v) is 2.31. The van der Waals surface area contributed by atoms with E-state index in [0.29, 0.717) is 37.6 Å². The van der Waals surface area contributed by atoms with Gasteiger partial charge in [-0.3, -0.25) is 9.59 Å². The minimum atomic E-state index is -0.136. The number of amides is 2. The lowest BCUT2D eigenvalue weighted by atomic mass is 10.2. The van der Waals surface area contributed by atoms with Crippen molar-refractivity contribution in [2.24, 2.45) is 0 Å². The van der Waals surface area contributed by atoms with Gasteiger partial charge in [-0.15, -0.1) is 0 Å². The van der Waals surface area contributed by atoms with Crippen LogP contribution in [-0.4, -0.2) is 52.8 Å². The highest BCUT2D eigenvalue weighted by molar-refractivity contribution is 5.91. The molecule has 0 aliphatic carbocycles. The summed E-state index contributed by atoms with van der Waals surface area (Å²) in [5.74, 6) is 0.190. The molecule has 0 radical (unpaired) electrons. The van der Waals surface area contributed by atoms with Gasteiger partial charge in [0.15, 0.2) is 12.2 Å². The van der Waals surface area contributed by atoms with Gasteiger partial charge in [-0.05, 0) is 12.1 Å². The van der Waals surface area contributed by atoms with Crippen molar-refractivity contribution < 1.29 is 18.4 Å². The first-order valence-electron chi connectivity index (χ1n) is 6.71. The first-order chi connectivity index (χ1) is 10.2. The van der Waals surface area contributed by atoms with Crippen LogP contribution in [-0.2, 0) is 11.2 Å². The predicted molar refractivity (Wildman–Crippen MR) is 71.4 cm³/mol. The second-order valence-electron chi connectivity index (χ2n) is 4.81. The monoisotopic (exact) mass is 289 g/mol. The van der Waals surface area contributed by atoms with Crippen LogP contribution in [0.3, 0.4) is 0 Å². The van der Waals surface area contributed by atoms with E-state index in [1.54, 1.807) is 21.9 Å². The molecule has 1 fully saturated rings. The Labute approximate surface area is 121 Å². The van der Waals surface area contributed by atoms with Gasteiger partial charge in [0.05, 0.1) is 18.4 Å². The lowest BCUT2D eigenvalue weighted by Gasteiger charge is -2.34. The van der Waals surface area contributed by atoms with Crippen molar-refractivity contribution in [3.05, 3.63) is 42.5 Å². The number of carbonyl (C=O) groups is 2. The van der Waals surface area contributed by atoms with Crippen LogP contribution in [0.1, 0.15) is 16.2 Å². The summed E-state index contributed by atoms with van der Waals surface area (Å²) < 4.78 is 9.95. The third kappa shape index (κ3) is 2.96. The minimum absolute atomic E-state index is 0.00556. The number of piperazine rings is 1. The maximum absolute atomic E-state index is 12.1. The third-order valence-electron chi connectivity index (χ3n) is 3.47. The molecule has 2 aromatic rings. The first-order valence-corrected chi connectivity index (χ1v) is 6.71. The molecule has 7 nitrogen and oxygen atoms in total. The number of furan rings is 1. The molecule has 21 heavy (non-hydrogen) atoms. The van der Waals surface area contributed by atoms with Crippen LogP contribution < -0.4 is 0 Å². The van der Waals surface area contributed by atoms with Gasteiger partial charge in [0.2, 0.25) is 5.91 Å². The molecular formula is C14H15N3O4. The van der Waals surface area contributed by atoms with Crippen molar-refractivity contribution in [3.8, 4) is 0 Å². The maximum Gasteiger partial charge on any atom is 0.289 e. The lowest BCUT2D eigenvalue weighted by molar-refractivity contribution is -0.132. The number of hydrogen-bond donors (Lipinski definition) is 0. The second-order valence-corrected chi connectivity index (χ2v) is 4.81. The molecular weight excluding hydrogens is 274 g/mol. The summed E-state index contributed by atoms with van der Waals surface area (Å²) in [6, 6.07) is 3.33. The summed E-state index contributed by atoms with van der Waals surface area (Å²) in [5.41, 5.74) is 0.620. The Morgan fingerprint density at radius 3 is 2.57 bits per heavy atom. The van der Waals surface area contributed by atoms with Gasteiger partial charge in [-0.1, -0.05) is 0 Å². The van der Waals surface area contributed by atoms with Gasteiger partial charge in [0, 0.05) is 26.2 Å². The number of rotatable bonds is 3. The Balaban J connectivity index is 1.53. The molecule has 1 saturated heterocycles. The van der Waals surface area contributed by atoms with Crippen molar-refractivity contribution in [2.75, 3.05) is 26.2 Å². The van der Waals surface area contributed by atoms with Crippen LogP contribution in [0, 0.1) is 0 Å². The quantitative estimate of drug-likeness (QED) is 0.834. The molecule has 0 N–H and O–H groups in total. The van der Waals surface area contributed by atoms with Crippen LogP contribution in [0.5, 0.6) is 0 Å². The molecule has 0 bridgehead atoms. The number of carbonyl (C=O) groups excluding carboxylic acids is 2. The van der Waals surface area contributed by atoms with E-state index in [9.17, 15) is 9.59 Å². The first kappa shape index (κ1) is 13.4. The van der Waals surface area contributed by atoms with Crippen LogP contribution in [0.4, 0.5) is 0 Å². The fraction of sp³-hybridized carbons (Fsp3) is 0.357. The summed E-state index contributed by atoms with van der Waals surface area (Å²) in [7, 11) is 0. The molecule has 0 unspecified atom stereocenters. The Morgan fingerprint density at radius 1 is 1.19 bits per heavy atom. The van der Waals surface area contributed by atoms with Crippen molar-refractivity contribution in [2.45, 2.75) is 6.42 Å². The smallest absolute Gasteiger partial charge is 0.289 e. The Kier molecular flexibility index (Phi) is 3.72. The molecule has 110 valence electrons. The van der Waals surface area contributed by atoms with Gasteiger partial charge in [-0.2, -0.15) is 0 Å². The highest BCUT2D eigenvalue weighted by atomic mass is 16.3. The molecule has 0 aromatic carbocycles. The van der Waals surface area contributed by atoms with Gasteiger partial charge < -0.3 is 18.6 Å². The normalized spacial score (nSPS) is 15.2. The van der Waals surface area contributed by atoms with Crippen molar-refractivity contribution in [3.63, 3.8) is 0 Å². The Bertz CT molecular complexity index is 598. The second kappa shape index (κ2) is 5.82. The van der Waals surface area contributed by atoms with Gasteiger partial charge in [0.25, 0.3) is 5.91 Å². The largest absolute Gasteiger partial charge is 0.459 e. The van der Waals surface area contributed by atoms with Crippen molar-refractivity contribution >= 4 is 11.8 Å². The molecule has 0 atom stereocenters.